The van der Waals surface area contributed by atoms with Crippen molar-refractivity contribution >= 4 is 17.6 Å². The number of hydrogen-bond acceptors (Lipinski definition) is 4. The molecule has 0 radical (unpaired) electrons. The highest BCUT2D eigenvalue weighted by atomic mass is 35.5. The van der Waals surface area contributed by atoms with Gasteiger partial charge < -0.3 is 5.11 Å². The van der Waals surface area contributed by atoms with Crippen LogP contribution in [0.25, 0.3) is 0 Å². The molecule has 7 heteroatoms. The molecular formula is C11H11ClN4O2. The third-order valence-corrected chi connectivity index (χ3v) is 2.82. The molecule has 0 spiro atoms. The largest absolute Gasteiger partial charge is 0.481 e. The first-order chi connectivity index (χ1) is 8.65. The summed E-state index contributed by atoms with van der Waals surface area (Å²) >= 11 is 5.80. The monoisotopic (exact) mass is 266 g/mol. The van der Waals surface area contributed by atoms with Crippen LogP contribution < -0.4 is 0 Å². The van der Waals surface area contributed by atoms with Crippen molar-refractivity contribution in [2.45, 2.75) is 18.8 Å². The summed E-state index contributed by atoms with van der Waals surface area (Å²) in [5.74, 6) is -0.684. The maximum atomic E-state index is 10.8. The molecule has 2 N–H and O–H groups in total. The highest BCUT2D eigenvalue weighted by Gasteiger charge is 2.19. The Hall–Kier alpha value is -1.95. The second kappa shape index (κ2) is 5.59. The number of nitrogens with one attached hydrogen (secondary N) is 1. The highest BCUT2D eigenvalue weighted by Crippen LogP contribution is 2.21. The van der Waals surface area contributed by atoms with Crippen molar-refractivity contribution in [1.29, 1.82) is 0 Å². The van der Waals surface area contributed by atoms with E-state index in [0.717, 1.165) is 5.56 Å². The Bertz CT molecular complexity index is 512. The van der Waals surface area contributed by atoms with Crippen LogP contribution in [0.1, 0.15) is 23.7 Å². The van der Waals surface area contributed by atoms with Crippen molar-refractivity contribution in [1.82, 2.24) is 20.6 Å². The number of nitrogens with zero attached hydrogens (tertiary/aromatic N) is 3. The van der Waals surface area contributed by atoms with Crippen molar-refractivity contribution in [3.63, 3.8) is 0 Å². The SMILES string of the molecule is O=C(O)C[C@H](Cc1ccc(Cl)cc1)c1nnn[nH]1. The van der Waals surface area contributed by atoms with E-state index in [1.165, 1.54) is 0 Å². The van der Waals surface area contributed by atoms with Gasteiger partial charge in [0.15, 0.2) is 5.82 Å². The minimum atomic E-state index is -0.884. The Morgan fingerprint density at radius 3 is 2.67 bits per heavy atom. The lowest BCUT2D eigenvalue weighted by Crippen LogP contribution is -2.11. The van der Waals surface area contributed by atoms with Gasteiger partial charge >= 0.3 is 5.97 Å². The Kier molecular flexibility index (Phi) is 3.88. The number of carbonyl (C=O) groups is 1. The van der Waals surface area contributed by atoms with Gasteiger partial charge in [-0.1, -0.05) is 23.7 Å². The van der Waals surface area contributed by atoms with Crippen LogP contribution in [0, 0.1) is 0 Å². The van der Waals surface area contributed by atoms with Crippen LogP contribution in [0.2, 0.25) is 5.02 Å². The molecule has 0 saturated heterocycles. The van der Waals surface area contributed by atoms with Gasteiger partial charge in [-0.05, 0) is 34.5 Å². The van der Waals surface area contributed by atoms with Gasteiger partial charge in [-0.3, -0.25) is 4.79 Å². The van der Waals surface area contributed by atoms with E-state index in [0.29, 0.717) is 17.3 Å². The van der Waals surface area contributed by atoms with E-state index in [-0.39, 0.29) is 12.3 Å². The molecule has 1 aromatic carbocycles. The molecule has 0 aliphatic rings. The van der Waals surface area contributed by atoms with Crippen LogP contribution in [-0.2, 0) is 11.2 Å². The van der Waals surface area contributed by atoms with Gasteiger partial charge in [0, 0.05) is 10.9 Å². The zero-order chi connectivity index (χ0) is 13.0. The Labute approximate surface area is 108 Å². The number of rotatable bonds is 5. The van der Waals surface area contributed by atoms with Gasteiger partial charge in [-0.2, -0.15) is 0 Å². The average molecular weight is 267 g/mol. The van der Waals surface area contributed by atoms with Gasteiger partial charge in [-0.25, -0.2) is 5.10 Å². The summed E-state index contributed by atoms with van der Waals surface area (Å²) in [6.07, 6.45) is 0.514. The predicted molar refractivity (Wildman–Crippen MR) is 64.3 cm³/mol. The van der Waals surface area contributed by atoms with Crippen molar-refractivity contribution in [2.75, 3.05) is 0 Å². The van der Waals surface area contributed by atoms with Gasteiger partial charge in [-0.15, -0.1) is 5.10 Å². The summed E-state index contributed by atoms with van der Waals surface area (Å²) in [6.45, 7) is 0. The normalized spacial score (nSPS) is 12.3. The lowest BCUT2D eigenvalue weighted by atomic mass is 9.95. The van der Waals surface area contributed by atoms with Crippen LogP contribution >= 0.6 is 11.6 Å². The number of benzene rings is 1. The molecule has 2 aromatic rings. The number of tetrazole rings is 1. The summed E-state index contributed by atoms with van der Waals surface area (Å²) < 4.78 is 0. The maximum absolute atomic E-state index is 10.8. The van der Waals surface area contributed by atoms with Gasteiger partial charge in [0.05, 0.1) is 6.42 Å². The molecule has 18 heavy (non-hydrogen) atoms. The van der Waals surface area contributed by atoms with Crippen molar-refractivity contribution in [3.8, 4) is 0 Å². The predicted octanol–water partition coefficient (Wildman–Crippen LogP) is 1.65. The van der Waals surface area contributed by atoms with Crippen LogP contribution in [0.15, 0.2) is 24.3 Å². The number of carboxylic acids is 1. The van der Waals surface area contributed by atoms with E-state index >= 15 is 0 Å². The smallest absolute Gasteiger partial charge is 0.304 e. The number of aromatic nitrogens is 4. The van der Waals surface area contributed by atoms with Crippen LogP contribution in [0.4, 0.5) is 0 Å². The molecule has 6 nitrogen and oxygen atoms in total. The molecule has 2 rings (SSSR count). The second-order valence-electron chi connectivity index (χ2n) is 3.91. The number of aromatic amines is 1. The molecule has 0 saturated carbocycles. The standard InChI is InChI=1S/C11H11ClN4O2/c12-9-3-1-7(2-4-9)5-8(6-10(17)18)11-13-15-16-14-11/h1-4,8H,5-6H2,(H,17,18)(H,13,14,15,16)/t8-/m0/s1. The molecule has 0 bridgehead atoms. The molecule has 0 unspecified atom stereocenters. The second-order valence-corrected chi connectivity index (χ2v) is 4.35. The van der Waals surface area contributed by atoms with E-state index in [4.69, 9.17) is 16.7 Å². The molecule has 0 aliphatic carbocycles. The van der Waals surface area contributed by atoms with Crippen LogP contribution in [0.3, 0.4) is 0 Å². The van der Waals surface area contributed by atoms with Crippen molar-refractivity contribution < 1.29 is 9.90 Å². The van der Waals surface area contributed by atoms with E-state index in [1.54, 1.807) is 12.1 Å². The molecule has 94 valence electrons. The molecule has 1 atom stereocenters. The lowest BCUT2D eigenvalue weighted by Gasteiger charge is -2.11. The molecule has 0 fully saturated rings. The first kappa shape index (κ1) is 12.5. The summed E-state index contributed by atoms with van der Waals surface area (Å²) in [6, 6.07) is 7.27. The molecule has 1 aromatic heterocycles. The minimum Gasteiger partial charge on any atom is -0.481 e. The van der Waals surface area contributed by atoms with Gasteiger partial charge in [0.2, 0.25) is 0 Å². The fraction of sp³-hybridized carbons (Fsp3) is 0.273. The molecule has 1 heterocycles. The molecular weight excluding hydrogens is 256 g/mol. The third kappa shape index (κ3) is 3.27. The molecule has 0 aliphatic heterocycles. The van der Waals surface area contributed by atoms with Crippen LogP contribution in [-0.4, -0.2) is 31.7 Å². The lowest BCUT2D eigenvalue weighted by molar-refractivity contribution is -0.137. The molecule has 0 amide bonds. The van der Waals surface area contributed by atoms with E-state index in [1.807, 2.05) is 12.1 Å². The summed E-state index contributed by atoms with van der Waals surface area (Å²) in [5.41, 5.74) is 0.988. The van der Waals surface area contributed by atoms with E-state index in [9.17, 15) is 4.79 Å². The fourth-order valence-corrected chi connectivity index (χ4v) is 1.85. The Balaban J connectivity index is 2.15. The quantitative estimate of drug-likeness (QED) is 0.859. The first-order valence-corrected chi connectivity index (χ1v) is 5.73. The Morgan fingerprint density at radius 2 is 2.11 bits per heavy atom. The zero-order valence-electron chi connectivity index (χ0n) is 9.38. The minimum absolute atomic E-state index is 0.0283. The van der Waals surface area contributed by atoms with Crippen molar-refractivity contribution in [2.24, 2.45) is 0 Å². The van der Waals surface area contributed by atoms with Crippen LogP contribution in [0.5, 0.6) is 0 Å². The first-order valence-electron chi connectivity index (χ1n) is 5.35. The number of hydrogen-bond donors (Lipinski definition) is 2. The summed E-state index contributed by atoms with van der Waals surface area (Å²) in [4.78, 5) is 10.8. The highest BCUT2D eigenvalue weighted by molar-refractivity contribution is 6.30. The summed E-state index contributed by atoms with van der Waals surface area (Å²) in [7, 11) is 0. The number of halogens is 1. The van der Waals surface area contributed by atoms with E-state index < -0.39 is 5.97 Å². The van der Waals surface area contributed by atoms with Gasteiger partial charge in [0.1, 0.15) is 0 Å². The number of aliphatic carboxylic acids is 1. The third-order valence-electron chi connectivity index (χ3n) is 2.56. The number of carboxylic acid groups (broad SMARTS) is 1. The average Bonchev–Trinajstić information content (AvgIpc) is 2.84. The topological polar surface area (TPSA) is 91.8 Å². The zero-order valence-corrected chi connectivity index (χ0v) is 10.1. The van der Waals surface area contributed by atoms with Crippen molar-refractivity contribution in [3.05, 3.63) is 40.7 Å². The van der Waals surface area contributed by atoms with E-state index in [2.05, 4.69) is 20.6 Å². The number of H-pyrrole nitrogens is 1. The van der Waals surface area contributed by atoms with Gasteiger partial charge in [0.25, 0.3) is 0 Å². The Morgan fingerprint density at radius 1 is 1.39 bits per heavy atom. The fourth-order valence-electron chi connectivity index (χ4n) is 1.72. The maximum Gasteiger partial charge on any atom is 0.304 e. The summed E-state index contributed by atoms with van der Waals surface area (Å²) in [5, 5.41) is 22.9.